The third kappa shape index (κ3) is 3.73. The third-order valence-electron chi connectivity index (χ3n) is 6.21. The minimum Gasteiger partial charge on any atom is -0.404 e. The maximum absolute atomic E-state index is 13.3. The van der Waals surface area contributed by atoms with Crippen molar-refractivity contribution in [2.45, 2.75) is 19.8 Å². The summed E-state index contributed by atoms with van der Waals surface area (Å²) in [5.41, 5.74) is 11.6. The minimum atomic E-state index is -0.270. The number of halogens is 1. The van der Waals surface area contributed by atoms with Crippen LogP contribution in [0.5, 0.6) is 0 Å². The number of pyridine rings is 1. The SMILES string of the molecule is C=C(c1ccccn1)C12CC(=CN)C(=Nc3ccc(F)cc3)C=C1CCN(CC)C2. The van der Waals surface area contributed by atoms with E-state index in [2.05, 4.69) is 29.5 Å². The second-order valence-corrected chi connectivity index (χ2v) is 7.91. The number of hydrogen-bond donors (Lipinski definition) is 1. The second-order valence-electron chi connectivity index (χ2n) is 7.91. The maximum Gasteiger partial charge on any atom is 0.123 e. The van der Waals surface area contributed by atoms with E-state index in [4.69, 9.17) is 10.7 Å². The largest absolute Gasteiger partial charge is 0.404 e. The molecule has 154 valence electrons. The lowest BCUT2D eigenvalue weighted by Gasteiger charge is -2.48. The van der Waals surface area contributed by atoms with Crippen LogP contribution in [0.3, 0.4) is 0 Å². The van der Waals surface area contributed by atoms with Gasteiger partial charge in [0, 0.05) is 24.7 Å². The first-order chi connectivity index (χ1) is 14.6. The molecule has 1 atom stereocenters. The number of aliphatic imine (C=N–C) groups is 1. The van der Waals surface area contributed by atoms with Gasteiger partial charge < -0.3 is 10.6 Å². The molecular formula is C25H27FN4. The highest BCUT2D eigenvalue weighted by molar-refractivity contribution is 6.11. The molecule has 0 bridgehead atoms. The van der Waals surface area contributed by atoms with Crippen LogP contribution in [0.15, 0.2) is 83.7 Å². The Hall–Kier alpha value is -3.05. The van der Waals surface area contributed by atoms with Gasteiger partial charge in [-0.1, -0.05) is 25.1 Å². The van der Waals surface area contributed by atoms with E-state index in [0.29, 0.717) is 5.69 Å². The molecule has 4 nitrogen and oxygen atoms in total. The predicted molar refractivity (Wildman–Crippen MR) is 121 cm³/mol. The van der Waals surface area contributed by atoms with Crippen LogP contribution in [0.1, 0.15) is 25.5 Å². The maximum atomic E-state index is 13.3. The van der Waals surface area contributed by atoms with Gasteiger partial charge in [-0.25, -0.2) is 9.38 Å². The summed E-state index contributed by atoms with van der Waals surface area (Å²) in [5.74, 6) is -0.270. The minimum absolute atomic E-state index is 0.254. The lowest BCUT2D eigenvalue weighted by atomic mass is 9.62. The van der Waals surface area contributed by atoms with Gasteiger partial charge in [0.05, 0.1) is 17.1 Å². The van der Waals surface area contributed by atoms with E-state index in [-0.39, 0.29) is 11.2 Å². The van der Waals surface area contributed by atoms with Gasteiger partial charge in [-0.15, -0.1) is 0 Å². The predicted octanol–water partition coefficient (Wildman–Crippen LogP) is 4.89. The van der Waals surface area contributed by atoms with Crippen LogP contribution < -0.4 is 5.73 Å². The molecule has 0 spiro atoms. The molecule has 1 aromatic carbocycles. The van der Waals surface area contributed by atoms with E-state index in [1.165, 1.54) is 17.7 Å². The number of nitrogens with two attached hydrogens (primary N) is 1. The lowest BCUT2D eigenvalue weighted by molar-refractivity contribution is 0.186. The molecule has 1 saturated heterocycles. The van der Waals surface area contributed by atoms with Crippen molar-refractivity contribution in [1.82, 2.24) is 9.88 Å². The van der Waals surface area contributed by atoms with Gasteiger partial charge in [-0.3, -0.25) is 4.98 Å². The fraction of sp³-hybridized carbons (Fsp3) is 0.280. The van der Waals surface area contributed by atoms with Crippen LogP contribution in [0.25, 0.3) is 5.57 Å². The van der Waals surface area contributed by atoms with Crippen molar-refractivity contribution >= 4 is 17.0 Å². The summed E-state index contributed by atoms with van der Waals surface area (Å²) in [6.07, 6.45) is 7.28. The number of benzene rings is 1. The number of hydrogen-bond acceptors (Lipinski definition) is 4. The van der Waals surface area contributed by atoms with E-state index in [9.17, 15) is 4.39 Å². The molecule has 1 unspecified atom stereocenters. The molecule has 1 aliphatic heterocycles. The molecule has 2 aliphatic rings. The summed E-state index contributed by atoms with van der Waals surface area (Å²) >= 11 is 0. The topological polar surface area (TPSA) is 54.5 Å². The Bertz CT molecular complexity index is 1020. The average Bonchev–Trinajstić information content (AvgIpc) is 2.79. The first-order valence-electron chi connectivity index (χ1n) is 10.4. The van der Waals surface area contributed by atoms with Crippen LogP contribution in [0.4, 0.5) is 10.1 Å². The van der Waals surface area contributed by atoms with Crippen LogP contribution in [-0.2, 0) is 0 Å². The molecule has 1 fully saturated rings. The standard InChI is InChI=1S/C25H27FN4/c1-3-30-13-11-20-14-24(29-22-9-7-21(26)8-10-22)19(16-27)15-25(20,17-30)18(2)23-6-4-5-12-28-23/h4-10,12,14,16H,2-3,11,13,15,17,27H2,1H3. The van der Waals surface area contributed by atoms with Gasteiger partial charge in [0.2, 0.25) is 0 Å². The van der Waals surface area contributed by atoms with Crippen LogP contribution in [-0.4, -0.2) is 35.2 Å². The first kappa shape index (κ1) is 20.2. The zero-order valence-corrected chi connectivity index (χ0v) is 17.3. The number of piperidine rings is 1. The summed E-state index contributed by atoms with van der Waals surface area (Å²) in [7, 11) is 0. The Morgan fingerprint density at radius 2 is 2.10 bits per heavy atom. The third-order valence-corrected chi connectivity index (χ3v) is 6.21. The van der Waals surface area contributed by atoms with Gasteiger partial charge in [-0.2, -0.15) is 0 Å². The van der Waals surface area contributed by atoms with Crippen molar-refractivity contribution in [2.75, 3.05) is 19.6 Å². The Morgan fingerprint density at radius 3 is 2.77 bits per heavy atom. The summed E-state index contributed by atoms with van der Waals surface area (Å²) in [5, 5.41) is 0. The smallest absolute Gasteiger partial charge is 0.123 e. The van der Waals surface area contributed by atoms with Crippen molar-refractivity contribution in [3.05, 3.63) is 90.2 Å². The molecule has 2 heterocycles. The van der Waals surface area contributed by atoms with E-state index in [1.807, 2.05) is 24.4 Å². The quantitative estimate of drug-likeness (QED) is 0.792. The van der Waals surface area contributed by atoms with Crippen LogP contribution in [0.2, 0.25) is 0 Å². The lowest BCUT2D eigenvalue weighted by Crippen LogP contribution is -2.47. The Balaban J connectivity index is 1.81. The number of nitrogens with zero attached hydrogens (tertiary/aromatic N) is 3. The molecule has 2 N–H and O–H groups in total. The molecule has 0 saturated carbocycles. The summed E-state index contributed by atoms with van der Waals surface area (Å²) in [4.78, 5) is 11.8. The van der Waals surface area contributed by atoms with Gasteiger partial charge >= 0.3 is 0 Å². The highest BCUT2D eigenvalue weighted by Gasteiger charge is 2.45. The molecule has 1 aliphatic carbocycles. The van der Waals surface area contributed by atoms with Crippen molar-refractivity contribution in [3.63, 3.8) is 0 Å². The van der Waals surface area contributed by atoms with Crippen LogP contribution >= 0.6 is 0 Å². The fourth-order valence-electron chi connectivity index (χ4n) is 4.49. The molecule has 1 aromatic heterocycles. The van der Waals surface area contributed by atoms with Gasteiger partial charge in [0.15, 0.2) is 0 Å². The number of likely N-dealkylation sites (tertiary alicyclic amines) is 1. The number of allylic oxidation sites excluding steroid dienone is 2. The van der Waals surface area contributed by atoms with Gasteiger partial charge in [0.25, 0.3) is 0 Å². The van der Waals surface area contributed by atoms with E-state index in [0.717, 1.165) is 55.0 Å². The molecule has 5 heteroatoms. The molecular weight excluding hydrogens is 375 g/mol. The Labute approximate surface area is 177 Å². The zero-order valence-electron chi connectivity index (χ0n) is 17.3. The van der Waals surface area contributed by atoms with E-state index in [1.54, 1.807) is 18.3 Å². The number of fused-ring (bicyclic) bond motifs is 1. The Kier molecular flexibility index (Phi) is 5.64. The molecule has 30 heavy (non-hydrogen) atoms. The summed E-state index contributed by atoms with van der Waals surface area (Å²) in [6.45, 7) is 9.57. The first-order valence-corrected chi connectivity index (χ1v) is 10.4. The van der Waals surface area contributed by atoms with Gasteiger partial charge in [-0.05, 0) is 79.2 Å². The second kappa shape index (κ2) is 8.36. The zero-order chi connectivity index (χ0) is 21.1. The highest BCUT2D eigenvalue weighted by Crippen LogP contribution is 2.51. The van der Waals surface area contributed by atoms with E-state index >= 15 is 0 Å². The number of rotatable bonds is 4. The highest BCUT2D eigenvalue weighted by atomic mass is 19.1. The average molecular weight is 403 g/mol. The summed E-state index contributed by atoms with van der Waals surface area (Å²) in [6, 6.07) is 12.2. The molecule has 0 amide bonds. The Morgan fingerprint density at radius 1 is 1.30 bits per heavy atom. The van der Waals surface area contributed by atoms with Crippen molar-refractivity contribution in [3.8, 4) is 0 Å². The van der Waals surface area contributed by atoms with Gasteiger partial charge in [0.1, 0.15) is 5.82 Å². The molecule has 0 radical (unpaired) electrons. The van der Waals surface area contributed by atoms with E-state index < -0.39 is 0 Å². The van der Waals surface area contributed by atoms with Crippen LogP contribution in [0, 0.1) is 11.2 Å². The normalized spacial score (nSPS) is 24.5. The summed E-state index contributed by atoms with van der Waals surface area (Å²) < 4.78 is 13.3. The molecule has 4 rings (SSSR count). The fourth-order valence-corrected chi connectivity index (χ4v) is 4.49. The number of aromatic nitrogens is 1. The van der Waals surface area contributed by atoms with Crippen molar-refractivity contribution in [2.24, 2.45) is 16.1 Å². The van der Waals surface area contributed by atoms with Crippen molar-refractivity contribution < 1.29 is 4.39 Å². The monoisotopic (exact) mass is 402 g/mol. The van der Waals surface area contributed by atoms with Crippen molar-refractivity contribution in [1.29, 1.82) is 0 Å². The molecule has 2 aromatic rings.